The molecule has 0 aliphatic heterocycles. The summed E-state index contributed by atoms with van der Waals surface area (Å²) in [6.45, 7) is 4.18. The summed E-state index contributed by atoms with van der Waals surface area (Å²) in [5.74, 6) is 0.503. The topological polar surface area (TPSA) is 40.5 Å². The van der Waals surface area contributed by atoms with Crippen molar-refractivity contribution in [2.75, 3.05) is 0 Å². The second-order valence-corrected chi connectivity index (χ2v) is 6.09. The van der Waals surface area contributed by atoms with Crippen molar-refractivity contribution in [2.24, 2.45) is 5.92 Å². The number of hydrogen-bond acceptors (Lipinski definition) is 2. The first-order chi connectivity index (χ1) is 5.07. The Kier molecular flexibility index (Phi) is 2.73. The molecule has 2 atom stereocenters. The van der Waals surface area contributed by atoms with Crippen molar-refractivity contribution in [3.63, 3.8) is 0 Å². The minimum absolute atomic E-state index is 0.113. The average molecular weight is 174 g/mol. The molecule has 2 unspecified atom stereocenters. The highest BCUT2D eigenvalue weighted by molar-refractivity contribution is 6.45. The van der Waals surface area contributed by atoms with E-state index in [4.69, 9.17) is 0 Å². The first kappa shape index (κ1) is 9.23. The van der Waals surface area contributed by atoms with Crippen molar-refractivity contribution < 1.29 is 9.59 Å². The third kappa shape index (κ3) is 1.66. The smallest absolute Gasteiger partial charge is 0.322 e. The van der Waals surface area contributed by atoms with Gasteiger partial charge in [0, 0.05) is 5.04 Å². The Morgan fingerprint density at radius 1 is 1.36 bits per heavy atom. The molecule has 66 valence electrons. The van der Waals surface area contributed by atoms with Crippen molar-refractivity contribution >= 4 is 9.28 Å². The van der Waals surface area contributed by atoms with E-state index in [2.05, 4.69) is 6.92 Å². The summed E-state index contributed by atoms with van der Waals surface area (Å²) in [5.41, 5.74) is 0. The zero-order valence-electron chi connectivity index (χ0n) is 7.38. The van der Waals surface area contributed by atoms with E-state index in [0.717, 1.165) is 6.42 Å². The van der Waals surface area contributed by atoms with Crippen molar-refractivity contribution in [2.45, 2.75) is 44.6 Å². The lowest BCUT2D eigenvalue weighted by molar-refractivity contribution is 0.225. The van der Waals surface area contributed by atoms with E-state index < -0.39 is 9.28 Å². The monoisotopic (exact) mass is 174 g/mol. The minimum atomic E-state index is -2.42. The molecule has 0 aromatic heterocycles. The zero-order valence-corrected chi connectivity index (χ0v) is 8.53. The molecule has 1 aliphatic carbocycles. The van der Waals surface area contributed by atoms with Crippen LogP contribution in [0.5, 0.6) is 0 Å². The van der Waals surface area contributed by atoms with Gasteiger partial charge in [0.05, 0.1) is 0 Å². The van der Waals surface area contributed by atoms with Gasteiger partial charge in [-0.1, -0.05) is 33.1 Å². The summed E-state index contributed by atoms with van der Waals surface area (Å²) in [5, 5.41) is -0.113. The fourth-order valence-corrected chi connectivity index (χ4v) is 3.05. The highest BCUT2D eigenvalue weighted by Gasteiger charge is 2.40. The highest BCUT2D eigenvalue weighted by Crippen LogP contribution is 2.47. The molecule has 0 amide bonds. The molecule has 1 saturated carbocycles. The lowest BCUT2D eigenvalue weighted by atomic mass is 9.81. The first-order valence-electron chi connectivity index (χ1n) is 4.43. The standard InChI is InChI=1S/C8H18O2Si/c1-7-5-3-4-6-8(7,2)11(9)10/h7,9-11H,3-6H2,1-2H3. The maximum atomic E-state index is 9.30. The summed E-state index contributed by atoms with van der Waals surface area (Å²) in [6.07, 6.45) is 4.61. The van der Waals surface area contributed by atoms with Crippen LogP contribution >= 0.6 is 0 Å². The van der Waals surface area contributed by atoms with E-state index in [9.17, 15) is 9.59 Å². The second-order valence-electron chi connectivity index (χ2n) is 4.03. The van der Waals surface area contributed by atoms with Crippen molar-refractivity contribution in [3.05, 3.63) is 0 Å². The van der Waals surface area contributed by atoms with Gasteiger partial charge < -0.3 is 9.59 Å². The van der Waals surface area contributed by atoms with Gasteiger partial charge in [0.2, 0.25) is 0 Å². The van der Waals surface area contributed by atoms with Crippen LogP contribution in [0.3, 0.4) is 0 Å². The van der Waals surface area contributed by atoms with Crippen LogP contribution in [0.15, 0.2) is 0 Å². The second kappa shape index (κ2) is 3.25. The first-order valence-corrected chi connectivity index (χ1v) is 6.04. The lowest BCUT2D eigenvalue weighted by Gasteiger charge is -2.39. The summed E-state index contributed by atoms with van der Waals surface area (Å²) >= 11 is 0. The van der Waals surface area contributed by atoms with Gasteiger partial charge in [0.25, 0.3) is 0 Å². The van der Waals surface area contributed by atoms with Crippen LogP contribution < -0.4 is 0 Å². The molecule has 0 bridgehead atoms. The van der Waals surface area contributed by atoms with Gasteiger partial charge in [0.15, 0.2) is 0 Å². The van der Waals surface area contributed by atoms with Gasteiger partial charge >= 0.3 is 9.28 Å². The molecule has 0 spiro atoms. The van der Waals surface area contributed by atoms with E-state index in [0.29, 0.717) is 5.92 Å². The SMILES string of the molecule is CC1CCCCC1(C)[SiH](O)O. The molecule has 1 aliphatic rings. The molecule has 11 heavy (non-hydrogen) atoms. The van der Waals surface area contributed by atoms with Gasteiger partial charge in [-0.05, 0) is 12.3 Å². The zero-order chi connectivity index (χ0) is 8.48. The summed E-state index contributed by atoms with van der Waals surface area (Å²) in [4.78, 5) is 18.6. The van der Waals surface area contributed by atoms with Crippen LogP contribution in [0.25, 0.3) is 0 Å². The van der Waals surface area contributed by atoms with Crippen LogP contribution in [-0.2, 0) is 0 Å². The molecule has 3 heteroatoms. The Balaban J connectivity index is 2.64. The largest absolute Gasteiger partial charge is 0.413 e. The average Bonchev–Trinajstić information content (AvgIpc) is 1.95. The van der Waals surface area contributed by atoms with Gasteiger partial charge in [0.1, 0.15) is 0 Å². The quantitative estimate of drug-likeness (QED) is 0.586. The Morgan fingerprint density at radius 3 is 2.36 bits per heavy atom. The third-order valence-corrected chi connectivity index (χ3v) is 5.36. The fourth-order valence-electron chi connectivity index (χ4n) is 1.92. The van der Waals surface area contributed by atoms with E-state index >= 15 is 0 Å². The van der Waals surface area contributed by atoms with Crippen LogP contribution in [0.1, 0.15) is 39.5 Å². The number of rotatable bonds is 1. The van der Waals surface area contributed by atoms with E-state index in [1.165, 1.54) is 19.3 Å². The Labute approximate surface area is 70.1 Å². The summed E-state index contributed by atoms with van der Waals surface area (Å²) in [6, 6.07) is 0. The lowest BCUT2D eigenvalue weighted by Crippen LogP contribution is -2.37. The van der Waals surface area contributed by atoms with Crippen LogP contribution in [-0.4, -0.2) is 18.9 Å². The Hall–Kier alpha value is 0.137. The van der Waals surface area contributed by atoms with Crippen LogP contribution in [0, 0.1) is 5.92 Å². The summed E-state index contributed by atoms with van der Waals surface area (Å²) < 4.78 is 0. The maximum absolute atomic E-state index is 9.30. The highest BCUT2D eigenvalue weighted by atomic mass is 28.3. The molecule has 0 radical (unpaired) electrons. The van der Waals surface area contributed by atoms with Gasteiger partial charge in [-0.3, -0.25) is 0 Å². The fraction of sp³-hybridized carbons (Fsp3) is 1.00. The predicted molar refractivity (Wildman–Crippen MR) is 47.6 cm³/mol. The van der Waals surface area contributed by atoms with E-state index in [-0.39, 0.29) is 5.04 Å². The molecule has 2 N–H and O–H groups in total. The van der Waals surface area contributed by atoms with Gasteiger partial charge in [-0.15, -0.1) is 0 Å². The normalized spacial score (nSPS) is 39.5. The molecule has 0 saturated heterocycles. The molecule has 0 aromatic carbocycles. The van der Waals surface area contributed by atoms with Gasteiger partial charge in [-0.25, -0.2) is 0 Å². The minimum Gasteiger partial charge on any atom is -0.413 e. The molecule has 1 rings (SSSR count). The van der Waals surface area contributed by atoms with E-state index in [1.54, 1.807) is 0 Å². The third-order valence-electron chi connectivity index (χ3n) is 3.32. The predicted octanol–water partition coefficient (Wildman–Crippen LogP) is 1.16. The molecule has 0 heterocycles. The summed E-state index contributed by atoms with van der Waals surface area (Å²) in [7, 11) is -2.42. The molecule has 2 nitrogen and oxygen atoms in total. The van der Waals surface area contributed by atoms with Crippen molar-refractivity contribution in [3.8, 4) is 0 Å². The van der Waals surface area contributed by atoms with Gasteiger partial charge in [-0.2, -0.15) is 0 Å². The van der Waals surface area contributed by atoms with Crippen LogP contribution in [0.2, 0.25) is 5.04 Å². The maximum Gasteiger partial charge on any atom is 0.322 e. The Bertz CT molecular complexity index is 138. The molecular weight excluding hydrogens is 156 g/mol. The molecule has 0 aromatic rings. The van der Waals surface area contributed by atoms with Crippen LogP contribution in [0.4, 0.5) is 0 Å². The molecule has 1 fully saturated rings. The van der Waals surface area contributed by atoms with Crippen molar-refractivity contribution in [1.82, 2.24) is 0 Å². The Morgan fingerprint density at radius 2 is 2.00 bits per heavy atom. The number of hydrogen-bond donors (Lipinski definition) is 2. The van der Waals surface area contributed by atoms with E-state index in [1.807, 2.05) is 6.92 Å². The van der Waals surface area contributed by atoms with Crippen molar-refractivity contribution in [1.29, 1.82) is 0 Å². The molecular formula is C8H18O2Si.